The molecule has 0 bridgehead atoms. The minimum atomic E-state index is -0.432. The first kappa shape index (κ1) is 19.4. The number of nitrogens with one attached hydrogen (secondary N) is 1. The fourth-order valence-electron chi connectivity index (χ4n) is 3.71. The fraction of sp³-hybridized carbons (Fsp3) is 0.455. The lowest BCUT2D eigenvalue weighted by Crippen LogP contribution is -2.18. The van der Waals surface area contributed by atoms with Crippen molar-refractivity contribution in [3.8, 4) is 0 Å². The third-order valence-corrected chi connectivity index (χ3v) is 5.22. The Morgan fingerprint density at radius 1 is 1.15 bits per heavy atom. The van der Waals surface area contributed by atoms with Crippen LogP contribution in [0.3, 0.4) is 0 Å². The Kier molecular flexibility index (Phi) is 6.11. The van der Waals surface area contributed by atoms with E-state index in [1.165, 1.54) is 11.1 Å². The van der Waals surface area contributed by atoms with E-state index in [2.05, 4.69) is 36.2 Å². The Labute approximate surface area is 160 Å². The Bertz CT molecular complexity index is 820. The molecule has 27 heavy (non-hydrogen) atoms. The molecular weight excluding hydrogens is 342 g/mol. The number of aromatic amines is 1. The largest absolute Gasteiger partial charge is 0.459 e. The molecule has 0 radical (unpaired) electrons. The van der Waals surface area contributed by atoms with Gasteiger partial charge in [-0.05, 0) is 49.3 Å². The smallest absolute Gasteiger partial charge is 0.355 e. The molecule has 1 heterocycles. The maximum Gasteiger partial charge on any atom is 0.355 e. The predicted octanol–water partition coefficient (Wildman–Crippen LogP) is 3.99. The number of hydrogen-bond donors (Lipinski definition) is 1. The lowest BCUT2D eigenvalue weighted by atomic mass is 9.81. The van der Waals surface area contributed by atoms with Crippen molar-refractivity contribution in [2.45, 2.75) is 46.0 Å². The average molecular weight is 369 g/mol. The van der Waals surface area contributed by atoms with Crippen molar-refractivity contribution in [2.75, 3.05) is 19.8 Å². The number of ether oxygens (including phenoxy) is 2. The number of rotatable bonds is 7. The van der Waals surface area contributed by atoms with Gasteiger partial charge in [0, 0.05) is 24.3 Å². The van der Waals surface area contributed by atoms with Gasteiger partial charge in [0.25, 0.3) is 0 Å². The van der Waals surface area contributed by atoms with Crippen LogP contribution in [0.25, 0.3) is 0 Å². The van der Waals surface area contributed by atoms with Crippen LogP contribution in [0.4, 0.5) is 0 Å². The van der Waals surface area contributed by atoms with Crippen molar-refractivity contribution in [2.24, 2.45) is 0 Å². The van der Waals surface area contributed by atoms with Gasteiger partial charge in [0.15, 0.2) is 5.78 Å². The van der Waals surface area contributed by atoms with Gasteiger partial charge < -0.3 is 14.5 Å². The highest BCUT2D eigenvalue weighted by Gasteiger charge is 2.32. The lowest BCUT2D eigenvalue weighted by molar-refractivity contribution is 0.0329. The first-order chi connectivity index (χ1) is 13.0. The minimum absolute atomic E-state index is 0.0861. The summed E-state index contributed by atoms with van der Waals surface area (Å²) >= 11 is 0. The summed E-state index contributed by atoms with van der Waals surface area (Å²) in [5, 5.41) is 0. The minimum Gasteiger partial charge on any atom is -0.459 e. The van der Waals surface area contributed by atoms with Gasteiger partial charge in [0.05, 0.1) is 6.61 Å². The zero-order valence-electron chi connectivity index (χ0n) is 16.3. The van der Waals surface area contributed by atoms with E-state index in [-0.39, 0.29) is 18.3 Å². The van der Waals surface area contributed by atoms with Crippen molar-refractivity contribution in [1.82, 2.24) is 4.98 Å². The van der Waals surface area contributed by atoms with Crippen LogP contribution in [0.1, 0.15) is 69.4 Å². The van der Waals surface area contributed by atoms with Gasteiger partial charge in [-0.15, -0.1) is 0 Å². The second-order valence-electron chi connectivity index (χ2n) is 6.93. The maximum absolute atomic E-state index is 12.8. The molecule has 0 unspecified atom stereocenters. The highest BCUT2D eigenvalue weighted by atomic mass is 16.6. The normalized spacial score (nSPS) is 16.3. The van der Waals surface area contributed by atoms with Crippen molar-refractivity contribution >= 4 is 11.8 Å². The highest BCUT2D eigenvalue weighted by Crippen LogP contribution is 2.35. The van der Waals surface area contributed by atoms with Crippen LogP contribution < -0.4 is 0 Å². The number of H-pyrrole nitrogens is 1. The summed E-state index contributed by atoms with van der Waals surface area (Å²) in [5.74, 6) is -0.211. The van der Waals surface area contributed by atoms with E-state index < -0.39 is 5.97 Å². The average Bonchev–Trinajstić information content (AvgIpc) is 3.02. The van der Waals surface area contributed by atoms with E-state index in [0.717, 1.165) is 18.5 Å². The van der Waals surface area contributed by atoms with Crippen LogP contribution in [-0.2, 0) is 22.3 Å². The molecule has 0 saturated carbocycles. The first-order valence-electron chi connectivity index (χ1n) is 9.63. The van der Waals surface area contributed by atoms with E-state index in [1.54, 1.807) is 0 Å². The highest BCUT2D eigenvalue weighted by molar-refractivity contribution is 6.03. The van der Waals surface area contributed by atoms with Crippen molar-refractivity contribution in [3.05, 3.63) is 57.9 Å². The second kappa shape index (κ2) is 8.53. The number of hydrogen-bond acceptors (Lipinski definition) is 4. The van der Waals surface area contributed by atoms with Gasteiger partial charge in [-0.25, -0.2) is 4.79 Å². The first-order valence-corrected chi connectivity index (χ1v) is 9.63. The zero-order chi connectivity index (χ0) is 19.4. The summed E-state index contributed by atoms with van der Waals surface area (Å²) in [6.07, 6.45) is 2.19. The molecule has 0 fully saturated rings. The molecule has 5 nitrogen and oxygen atoms in total. The molecule has 144 valence electrons. The molecule has 0 aliphatic heterocycles. The SMILES string of the molecule is CCOCCOC(=O)c1[nH]c2c(c1C)C(=O)C[C@@H](c1ccc(CC)cc1)C2. The predicted molar refractivity (Wildman–Crippen MR) is 104 cm³/mol. The van der Waals surface area contributed by atoms with Gasteiger partial charge in [-0.1, -0.05) is 31.2 Å². The Morgan fingerprint density at radius 2 is 1.89 bits per heavy atom. The van der Waals surface area contributed by atoms with E-state index in [1.807, 2.05) is 13.8 Å². The van der Waals surface area contributed by atoms with Crippen LogP contribution in [-0.4, -0.2) is 36.6 Å². The maximum atomic E-state index is 12.8. The number of fused-ring (bicyclic) bond motifs is 1. The van der Waals surface area contributed by atoms with E-state index in [0.29, 0.717) is 36.5 Å². The Hall–Kier alpha value is -2.40. The third kappa shape index (κ3) is 4.14. The van der Waals surface area contributed by atoms with Crippen LogP contribution >= 0.6 is 0 Å². The molecule has 5 heteroatoms. The van der Waals surface area contributed by atoms with E-state index >= 15 is 0 Å². The third-order valence-electron chi connectivity index (χ3n) is 5.22. The van der Waals surface area contributed by atoms with Gasteiger partial charge in [-0.2, -0.15) is 0 Å². The van der Waals surface area contributed by atoms with E-state index in [9.17, 15) is 9.59 Å². The number of benzene rings is 1. The topological polar surface area (TPSA) is 68.4 Å². The molecule has 3 rings (SSSR count). The van der Waals surface area contributed by atoms with Crippen molar-refractivity contribution in [3.63, 3.8) is 0 Å². The molecule has 0 spiro atoms. The number of esters is 1. The van der Waals surface area contributed by atoms with Crippen LogP contribution in [0.5, 0.6) is 0 Å². The molecule has 1 N–H and O–H groups in total. The summed E-state index contributed by atoms with van der Waals surface area (Å²) in [7, 11) is 0. The quantitative estimate of drug-likeness (QED) is 0.592. The number of aromatic nitrogens is 1. The van der Waals surface area contributed by atoms with Crippen LogP contribution in [0, 0.1) is 6.92 Å². The molecule has 0 amide bonds. The number of aryl methyl sites for hydroxylation is 1. The summed E-state index contributed by atoms with van der Waals surface area (Å²) < 4.78 is 10.4. The monoisotopic (exact) mass is 369 g/mol. The van der Waals surface area contributed by atoms with Gasteiger partial charge in [-0.3, -0.25) is 4.79 Å². The van der Waals surface area contributed by atoms with Crippen LogP contribution in [0.2, 0.25) is 0 Å². The molecule has 1 aliphatic rings. The number of carbonyl (C=O) groups excluding carboxylic acids is 2. The lowest BCUT2D eigenvalue weighted by Gasteiger charge is -2.22. The van der Waals surface area contributed by atoms with Crippen LogP contribution in [0.15, 0.2) is 24.3 Å². The standard InChI is InChI=1S/C22H27NO4/c1-4-15-6-8-16(9-7-15)17-12-18-20(19(24)13-17)14(3)21(23-18)22(25)27-11-10-26-5-2/h6-9,17,23H,4-5,10-13H2,1-3H3/t17-/m0/s1. The zero-order valence-corrected chi connectivity index (χ0v) is 16.3. The Balaban J connectivity index is 1.77. The molecule has 2 aromatic rings. The van der Waals surface area contributed by atoms with Crippen molar-refractivity contribution < 1.29 is 19.1 Å². The second-order valence-corrected chi connectivity index (χ2v) is 6.93. The molecule has 1 atom stereocenters. The van der Waals surface area contributed by atoms with Gasteiger partial charge in [0.2, 0.25) is 0 Å². The summed E-state index contributed by atoms with van der Waals surface area (Å²) in [6, 6.07) is 8.47. The molecule has 1 aromatic heterocycles. The Morgan fingerprint density at radius 3 is 2.56 bits per heavy atom. The van der Waals surface area contributed by atoms with E-state index in [4.69, 9.17) is 9.47 Å². The van der Waals surface area contributed by atoms with Gasteiger partial charge >= 0.3 is 5.97 Å². The van der Waals surface area contributed by atoms with Gasteiger partial charge in [0.1, 0.15) is 12.3 Å². The van der Waals surface area contributed by atoms with Crippen molar-refractivity contribution in [1.29, 1.82) is 0 Å². The summed E-state index contributed by atoms with van der Waals surface area (Å²) in [5.41, 5.74) is 5.02. The summed E-state index contributed by atoms with van der Waals surface area (Å²) in [6.45, 7) is 6.99. The number of Topliss-reactive ketones (excluding diaryl/α,β-unsaturated/α-hetero) is 1. The summed E-state index contributed by atoms with van der Waals surface area (Å²) in [4.78, 5) is 28.3. The molecule has 0 saturated heterocycles. The molecule has 1 aliphatic carbocycles. The number of carbonyl (C=O) groups is 2. The molecule has 1 aromatic carbocycles. The fourth-order valence-corrected chi connectivity index (χ4v) is 3.71. The molecular formula is C22H27NO4. The number of ketones is 1.